The predicted octanol–water partition coefficient (Wildman–Crippen LogP) is 4.93. The largest absolute Gasteiger partial charge is 0.497 e. The van der Waals surface area contributed by atoms with E-state index in [1.165, 1.54) is 0 Å². The minimum absolute atomic E-state index is 0.0594. The van der Waals surface area contributed by atoms with Crippen molar-refractivity contribution < 1.29 is 14.3 Å². The Balaban J connectivity index is 2.09. The number of ether oxygens (including phenoxy) is 2. The number of rotatable bonds is 9. The standard InChI is InChI=1S/C23H31NO3/c1-6-18-9-7-8-10-22(18)27-17(4)23(25)24-21(15-16(2)3)19-11-13-20(26-5)14-12-19/h7-14,16-17,21H,6,15H2,1-5H3,(H,24,25)/t17-,21-/m1/s1. The topological polar surface area (TPSA) is 47.6 Å². The zero-order chi connectivity index (χ0) is 19.8. The molecule has 2 aromatic carbocycles. The fourth-order valence-corrected chi connectivity index (χ4v) is 3.03. The minimum Gasteiger partial charge on any atom is -0.497 e. The normalized spacial score (nSPS) is 13.1. The van der Waals surface area contributed by atoms with Crippen LogP contribution in [0, 0.1) is 5.92 Å². The molecule has 0 radical (unpaired) electrons. The van der Waals surface area contributed by atoms with Crippen molar-refractivity contribution in [3.05, 3.63) is 59.7 Å². The summed E-state index contributed by atoms with van der Waals surface area (Å²) in [6.45, 7) is 8.18. The molecule has 0 spiro atoms. The lowest BCUT2D eigenvalue weighted by molar-refractivity contribution is -0.128. The lowest BCUT2D eigenvalue weighted by Gasteiger charge is -2.24. The van der Waals surface area contributed by atoms with Crippen LogP contribution in [0.25, 0.3) is 0 Å². The molecule has 0 aliphatic rings. The molecule has 146 valence electrons. The summed E-state index contributed by atoms with van der Waals surface area (Å²) in [5.74, 6) is 1.92. The highest BCUT2D eigenvalue weighted by atomic mass is 16.5. The molecule has 0 heterocycles. The molecule has 2 rings (SSSR count). The molecular formula is C23H31NO3. The molecule has 2 aromatic rings. The zero-order valence-corrected chi connectivity index (χ0v) is 17.0. The van der Waals surface area contributed by atoms with E-state index in [1.54, 1.807) is 14.0 Å². The number of hydrogen-bond donors (Lipinski definition) is 1. The molecule has 4 nitrogen and oxygen atoms in total. The highest BCUT2D eigenvalue weighted by Gasteiger charge is 2.22. The van der Waals surface area contributed by atoms with E-state index in [-0.39, 0.29) is 11.9 Å². The summed E-state index contributed by atoms with van der Waals surface area (Å²) in [6.07, 6.45) is 1.16. The van der Waals surface area contributed by atoms with E-state index >= 15 is 0 Å². The molecule has 0 bridgehead atoms. The smallest absolute Gasteiger partial charge is 0.261 e. The van der Waals surface area contributed by atoms with Crippen molar-refractivity contribution in [2.45, 2.75) is 52.7 Å². The summed E-state index contributed by atoms with van der Waals surface area (Å²) >= 11 is 0. The molecule has 2 atom stereocenters. The van der Waals surface area contributed by atoms with Crippen LogP contribution in [0.3, 0.4) is 0 Å². The van der Waals surface area contributed by atoms with Crippen LogP contribution in [0.1, 0.15) is 51.3 Å². The maximum atomic E-state index is 12.8. The van der Waals surface area contributed by atoms with Gasteiger partial charge in [0.05, 0.1) is 13.2 Å². The molecule has 0 aliphatic carbocycles. The van der Waals surface area contributed by atoms with E-state index in [4.69, 9.17) is 9.47 Å². The fraction of sp³-hybridized carbons (Fsp3) is 0.435. The highest BCUT2D eigenvalue weighted by Crippen LogP contribution is 2.24. The van der Waals surface area contributed by atoms with E-state index in [1.807, 2.05) is 48.5 Å². The highest BCUT2D eigenvalue weighted by molar-refractivity contribution is 5.81. The van der Waals surface area contributed by atoms with E-state index < -0.39 is 6.10 Å². The Morgan fingerprint density at radius 2 is 1.70 bits per heavy atom. The van der Waals surface area contributed by atoms with Gasteiger partial charge in [-0.3, -0.25) is 4.79 Å². The first kappa shape index (κ1) is 20.8. The summed E-state index contributed by atoms with van der Waals surface area (Å²) in [7, 11) is 1.65. The van der Waals surface area contributed by atoms with E-state index in [0.29, 0.717) is 5.92 Å². The molecule has 0 saturated heterocycles. The lowest BCUT2D eigenvalue weighted by atomic mass is 9.96. The van der Waals surface area contributed by atoms with Crippen LogP contribution in [0.2, 0.25) is 0 Å². The molecule has 0 aliphatic heterocycles. The molecule has 1 N–H and O–H groups in total. The SMILES string of the molecule is CCc1ccccc1O[C@H](C)C(=O)N[C@H](CC(C)C)c1ccc(OC)cc1. The van der Waals surface area contributed by atoms with Gasteiger partial charge < -0.3 is 14.8 Å². The van der Waals surface area contributed by atoms with Crippen molar-refractivity contribution in [1.82, 2.24) is 5.32 Å². The maximum Gasteiger partial charge on any atom is 0.261 e. The second-order valence-corrected chi connectivity index (χ2v) is 7.19. The molecule has 27 heavy (non-hydrogen) atoms. The summed E-state index contributed by atoms with van der Waals surface area (Å²) in [5, 5.41) is 3.15. The van der Waals surface area contributed by atoms with Crippen LogP contribution in [0.5, 0.6) is 11.5 Å². The fourth-order valence-electron chi connectivity index (χ4n) is 3.03. The summed E-state index contributed by atoms with van der Waals surface area (Å²) in [4.78, 5) is 12.8. The van der Waals surface area contributed by atoms with Crippen LogP contribution < -0.4 is 14.8 Å². The number of aryl methyl sites for hydroxylation is 1. The number of nitrogens with one attached hydrogen (secondary N) is 1. The van der Waals surface area contributed by atoms with Gasteiger partial charge in [0, 0.05) is 0 Å². The summed E-state index contributed by atoms with van der Waals surface area (Å²) < 4.78 is 11.2. The third-order valence-electron chi connectivity index (χ3n) is 4.57. The predicted molar refractivity (Wildman–Crippen MR) is 109 cm³/mol. The first-order valence-electron chi connectivity index (χ1n) is 9.63. The van der Waals surface area contributed by atoms with Crippen LogP contribution in [-0.2, 0) is 11.2 Å². The second kappa shape index (κ2) is 10.0. The summed E-state index contributed by atoms with van der Waals surface area (Å²) in [5.41, 5.74) is 2.17. The van der Waals surface area contributed by atoms with Crippen molar-refractivity contribution in [2.24, 2.45) is 5.92 Å². The minimum atomic E-state index is -0.564. The van der Waals surface area contributed by atoms with Gasteiger partial charge in [0.25, 0.3) is 5.91 Å². The number of para-hydroxylation sites is 1. The van der Waals surface area contributed by atoms with Gasteiger partial charge in [0.15, 0.2) is 6.10 Å². The quantitative estimate of drug-likeness (QED) is 0.682. The van der Waals surface area contributed by atoms with Gasteiger partial charge >= 0.3 is 0 Å². The van der Waals surface area contributed by atoms with Crippen molar-refractivity contribution in [1.29, 1.82) is 0 Å². The number of amides is 1. The third kappa shape index (κ3) is 6.02. The van der Waals surface area contributed by atoms with Crippen molar-refractivity contribution in [3.8, 4) is 11.5 Å². The third-order valence-corrected chi connectivity index (χ3v) is 4.57. The monoisotopic (exact) mass is 369 g/mol. The van der Waals surface area contributed by atoms with Gasteiger partial charge in [-0.15, -0.1) is 0 Å². The molecular weight excluding hydrogens is 338 g/mol. The Labute approximate surface area is 162 Å². The number of hydrogen-bond acceptors (Lipinski definition) is 3. The van der Waals surface area contributed by atoms with Gasteiger partial charge in [-0.2, -0.15) is 0 Å². The number of methoxy groups -OCH3 is 1. The Morgan fingerprint density at radius 1 is 1.04 bits per heavy atom. The van der Waals surface area contributed by atoms with Crippen LogP contribution in [0.15, 0.2) is 48.5 Å². The molecule has 4 heteroatoms. The van der Waals surface area contributed by atoms with Crippen molar-refractivity contribution in [2.75, 3.05) is 7.11 Å². The number of carbonyl (C=O) groups excluding carboxylic acids is 1. The van der Waals surface area contributed by atoms with Gasteiger partial charge in [0.2, 0.25) is 0 Å². The van der Waals surface area contributed by atoms with E-state index in [2.05, 4.69) is 26.1 Å². The first-order valence-corrected chi connectivity index (χ1v) is 9.63. The molecule has 0 aromatic heterocycles. The van der Waals surface area contributed by atoms with Crippen molar-refractivity contribution >= 4 is 5.91 Å². The molecule has 0 unspecified atom stereocenters. The molecule has 1 amide bonds. The first-order chi connectivity index (χ1) is 12.9. The molecule has 0 fully saturated rings. The Kier molecular flexibility index (Phi) is 7.71. The van der Waals surface area contributed by atoms with Crippen LogP contribution >= 0.6 is 0 Å². The Bertz CT molecular complexity index is 725. The Hall–Kier alpha value is -2.49. The van der Waals surface area contributed by atoms with Crippen LogP contribution in [0.4, 0.5) is 0 Å². The average Bonchev–Trinajstić information content (AvgIpc) is 2.67. The van der Waals surface area contributed by atoms with Gasteiger partial charge in [-0.05, 0) is 55.0 Å². The lowest BCUT2D eigenvalue weighted by Crippen LogP contribution is -2.39. The Morgan fingerprint density at radius 3 is 2.30 bits per heavy atom. The summed E-state index contributed by atoms with van der Waals surface area (Å²) in [6, 6.07) is 15.6. The van der Waals surface area contributed by atoms with E-state index in [9.17, 15) is 4.79 Å². The number of benzene rings is 2. The number of carbonyl (C=O) groups is 1. The maximum absolute atomic E-state index is 12.8. The van der Waals surface area contributed by atoms with Gasteiger partial charge in [-0.1, -0.05) is 51.1 Å². The van der Waals surface area contributed by atoms with E-state index in [0.717, 1.165) is 35.5 Å². The average molecular weight is 370 g/mol. The van der Waals surface area contributed by atoms with Gasteiger partial charge in [-0.25, -0.2) is 0 Å². The molecule has 0 saturated carbocycles. The zero-order valence-electron chi connectivity index (χ0n) is 17.0. The van der Waals surface area contributed by atoms with Gasteiger partial charge in [0.1, 0.15) is 11.5 Å². The van der Waals surface area contributed by atoms with Crippen LogP contribution in [-0.4, -0.2) is 19.1 Å². The van der Waals surface area contributed by atoms with Crippen molar-refractivity contribution in [3.63, 3.8) is 0 Å². The second-order valence-electron chi connectivity index (χ2n) is 7.19.